The molecule has 1 saturated heterocycles. The highest BCUT2D eigenvalue weighted by molar-refractivity contribution is 6.35. The fourth-order valence-electron chi connectivity index (χ4n) is 4.08. The van der Waals surface area contributed by atoms with Crippen LogP contribution in [0, 0.1) is 17.7 Å². The lowest BCUT2D eigenvalue weighted by Crippen LogP contribution is -2.53. The highest BCUT2D eigenvalue weighted by Gasteiger charge is 2.32. The lowest BCUT2D eigenvalue weighted by molar-refractivity contribution is -0.140. The van der Waals surface area contributed by atoms with Gasteiger partial charge >= 0.3 is 11.8 Å². The minimum absolute atomic E-state index is 0.133. The van der Waals surface area contributed by atoms with E-state index in [1.54, 1.807) is 37.4 Å². The summed E-state index contributed by atoms with van der Waals surface area (Å²) in [6, 6.07) is 10.1. The molecule has 0 spiro atoms. The maximum Gasteiger partial charge on any atom is 0.310 e. The van der Waals surface area contributed by atoms with Crippen LogP contribution >= 0.6 is 0 Å². The summed E-state index contributed by atoms with van der Waals surface area (Å²) in [5.41, 5.74) is 1.85. The fraction of sp³-hybridized carbons (Fsp3) is 0.333. The van der Waals surface area contributed by atoms with Crippen LogP contribution in [0.25, 0.3) is 0 Å². The molecule has 9 nitrogen and oxygen atoms in total. The van der Waals surface area contributed by atoms with Crippen molar-refractivity contribution in [1.82, 2.24) is 15.5 Å². The van der Waals surface area contributed by atoms with Crippen molar-refractivity contribution in [3.63, 3.8) is 0 Å². The number of likely N-dealkylation sites (tertiary alicyclic amines) is 1. The number of carbonyl (C=O) groups is 4. The van der Waals surface area contributed by atoms with E-state index < -0.39 is 23.8 Å². The van der Waals surface area contributed by atoms with Crippen LogP contribution < -0.4 is 20.3 Å². The average Bonchev–Trinajstić information content (AvgIpc) is 3.26. The predicted molar refractivity (Wildman–Crippen MR) is 133 cm³/mol. The molecular weight excluding hydrogens is 479 g/mol. The number of likely N-dealkylation sites (N-methyl/N-ethyl adjacent to an activating group) is 1. The van der Waals surface area contributed by atoms with Gasteiger partial charge in [0.05, 0.1) is 18.8 Å². The number of nitrogens with zero attached hydrogens (tertiary/aromatic N) is 2. The predicted octanol–water partition coefficient (Wildman–Crippen LogP) is 0.651. The van der Waals surface area contributed by atoms with Crippen molar-refractivity contribution in [3.05, 3.63) is 59.4 Å². The third kappa shape index (κ3) is 6.71. The van der Waals surface area contributed by atoms with Crippen molar-refractivity contribution in [3.8, 4) is 17.6 Å². The molecule has 2 aliphatic rings. The topological polar surface area (TPSA) is 108 Å². The number of Topliss-reactive ketones (excluding diaryl/α,β-unsaturated/α-hetero) is 1. The molecule has 0 aliphatic carbocycles. The summed E-state index contributed by atoms with van der Waals surface area (Å²) in [7, 11) is 1.56. The van der Waals surface area contributed by atoms with Gasteiger partial charge < -0.3 is 20.3 Å². The fourth-order valence-corrected chi connectivity index (χ4v) is 4.08. The number of carbonyl (C=O) groups excluding carboxylic acids is 4. The number of anilines is 1. The minimum atomic E-state index is -1.07. The number of rotatable bonds is 5. The molecule has 2 aliphatic heterocycles. The molecule has 2 N–H and O–H groups in total. The quantitative estimate of drug-likeness (QED) is 0.456. The highest BCUT2D eigenvalue weighted by Crippen LogP contribution is 2.31. The first kappa shape index (κ1) is 25.9. The first-order valence-electron chi connectivity index (χ1n) is 11.9. The molecule has 0 saturated carbocycles. The summed E-state index contributed by atoms with van der Waals surface area (Å²) in [5.74, 6) is 4.07. The van der Waals surface area contributed by atoms with Gasteiger partial charge in [-0.2, -0.15) is 0 Å². The van der Waals surface area contributed by atoms with Gasteiger partial charge in [0.15, 0.2) is 0 Å². The van der Waals surface area contributed by atoms with Gasteiger partial charge in [-0.1, -0.05) is 24.0 Å². The van der Waals surface area contributed by atoms with Crippen LogP contribution in [0.1, 0.15) is 17.5 Å². The van der Waals surface area contributed by atoms with Gasteiger partial charge in [0.1, 0.15) is 30.0 Å². The Hall–Kier alpha value is -4.23. The van der Waals surface area contributed by atoms with Crippen LogP contribution in [-0.4, -0.2) is 74.3 Å². The molecule has 0 bridgehead atoms. The average molecular weight is 507 g/mol. The lowest BCUT2D eigenvalue weighted by Gasteiger charge is -2.20. The van der Waals surface area contributed by atoms with E-state index in [0.29, 0.717) is 55.0 Å². The second kappa shape index (κ2) is 11.7. The molecule has 1 atom stereocenters. The van der Waals surface area contributed by atoms with E-state index in [2.05, 4.69) is 22.5 Å². The SMILES string of the molecule is CN1C(=O)[C@@H](NC(=O)C(=O)NCCc2cccc(F)c2)COc2ccc(C#CCN3CCC(=O)C3)cc21. The van der Waals surface area contributed by atoms with E-state index in [1.165, 1.54) is 17.0 Å². The molecule has 10 heteroatoms. The Morgan fingerprint density at radius 1 is 1.16 bits per heavy atom. The summed E-state index contributed by atoms with van der Waals surface area (Å²) in [6.07, 6.45) is 0.903. The van der Waals surface area contributed by atoms with Gasteiger partial charge in [-0.15, -0.1) is 0 Å². The van der Waals surface area contributed by atoms with Crippen molar-refractivity contribution >= 4 is 29.2 Å². The third-order valence-corrected chi connectivity index (χ3v) is 6.10. The third-order valence-electron chi connectivity index (χ3n) is 6.10. The van der Waals surface area contributed by atoms with Gasteiger partial charge in [0.25, 0.3) is 5.91 Å². The molecule has 2 aromatic carbocycles. The molecule has 192 valence electrons. The largest absolute Gasteiger partial charge is 0.489 e. The van der Waals surface area contributed by atoms with E-state index in [0.717, 1.165) is 0 Å². The second-order valence-corrected chi connectivity index (χ2v) is 8.85. The number of amides is 3. The van der Waals surface area contributed by atoms with Crippen LogP contribution in [0.5, 0.6) is 5.75 Å². The Morgan fingerprint density at radius 2 is 2.00 bits per heavy atom. The summed E-state index contributed by atoms with van der Waals surface area (Å²) < 4.78 is 19.0. The molecule has 37 heavy (non-hydrogen) atoms. The number of fused-ring (bicyclic) bond motifs is 1. The number of halogens is 1. The Kier molecular flexibility index (Phi) is 8.15. The van der Waals surface area contributed by atoms with Crippen molar-refractivity contribution in [2.45, 2.75) is 18.9 Å². The van der Waals surface area contributed by atoms with Gasteiger partial charge in [-0.3, -0.25) is 24.1 Å². The van der Waals surface area contributed by atoms with E-state index in [4.69, 9.17) is 4.74 Å². The van der Waals surface area contributed by atoms with Crippen molar-refractivity contribution in [2.75, 3.05) is 44.7 Å². The van der Waals surface area contributed by atoms with Crippen LogP contribution in [-0.2, 0) is 25.6 Å². The number of nitrogens with one attached hydrogen (secondary N) is 2. The lowest BCUT2D eigenvalue weighted by atomic mass is 10.1. The first-order valence-corrected chi connectivity index (χ1v) is 11.9. The maximum atomic E-state index is 13.3. The van der Waals surface area contributed by atoms with Crippen LogP contribution in [0.4, 0.5) is 10.1 Å². The normalized spacial score (nSPS) is 17.2. The molecule has 2 aromatic rings. The van der Waals surface area contributed by atoms with Crippen molar-refractivity contribution in [2.24, 2.45) is 0 Å². The molecule has 0 unspecified atom stereocenters. The zero-order chi connectivity index (χ0) is 26.4. The number of ketones is 1. The summed E-state index contributed by atoms with van der Waals surface area (Å²) in [5, 5.41) is 4.90. The van der Waals surface area contributed by atoms with Crippen LogP contribution in [0.2, 0.25) is 0 Å². The highest BCUT2D eigenvalue weighted by atomic mass is 19.1. The van der Waals surface area contributed by atoms with Crippen LogP contribution in [0.3, 0.4) is 0 Å². The van der Waals surface area contributed by atoms with E-state index in [1.807, 2.05) is 4.90 Å². The van der Waals surface area contributed by atoms with Gasteiger partial charge in [0.2, 0.25) is 0 Å². The Labute approximate surface area is 213 Å². The molecule has 4 rings (SSSR count). The minimum Gasteiger partial charge on any atom is -0.489 e. The van der Waals surface area contributed by atoms with E-state index >= 15 is 0 Å². The Morgan fingerprint density at radius 3 is 2.76 bits per heavy atom. The maximum absolute atomic E-state index is 13.3. The Balaban J connectivity index is 1.32. The number of benzene rings is 2. The first-order chi connectivity index (χ1) is 17.8. The summed E-state index contributed by atoms with van der Waals surface area (Å²) in [6.45, 7) is 1.59. The van der Waals surface area contributed by atoms with Gasteiger partial charge in [0, 0.05) is 32.1 Å². The summed E-state index contributed by atoms with van der Waals surface area (Å²) >= 11 is 0. The molecule has 3 amide bonds. The second-order valence-electron chi connectivity index (χ2n) is 8.85. The van der Waals surface area contributed by atoms with Gasteiger partial charge in [-0.05, 0) is 42.3 Å². The molecule has 2 heterocycles. The number of hydrogen-bond donors (Lipinski definition) is 2. The monoisotopic (exact) mass is 506 g/mol. The smallest absolute Gasteiger partial charge is 0.310 e. The molecule has 0 aromatic heterocycles. The van der Waals surface area contributed by atoms with E-state index in [-0.39, 0.29) is 24.8 Å². The van der Waals surface area contributed by atoms with Crippen molar-refractivity contribution in [1.29, 1.82) is 0 Å². The standard InChI is InChI=1S/C27H27FN4O5/c1-31-23-15-18(5-3-12-32-13-10-21(33)16-32)7-8-24(23)37-17-22(27(31)36)30-26(35)25(34)29-11-9-19-4-2-6-20(28)14-19/h2,4,6-8,14-15,22H,9-13,16-17H2,1H3,(H,29,34)(H,30,35)/t22-/m0/s1. The number of ether oxygens (including phenoxy) is 1. The Bertz CT molecular complexity index is 1290. The summed E-state index contributed by atoms with van der Waals surface area (Å²) in [4.78, 5) is 52.4. The molecular formula is C27H27FN4O5. The zero-order valence-corrected chi connectivity index (χ0v) is 20.4. The van der Waals surface area contributed by atoms with Gasteiger partial charge in [-0.25, -0.2) is 4.39 Å². The van der Waals surface area contributed by atoms with Crippen molar-refractivity contribution < 1.29 is 28.3 Å². The van der Waals surface area contributed by atoms with E-state index in [9.17, 15) is 23.6 Å². The molecule has 1 fully saturated rings. The zero-order valence-electron chi connectivity index (χ0n) is 20.4. The molecule has 0 radical (unpaired) electrons. The number of hydrogen-bond acceptors (Lipinski definition) is 6. The van der Waals surface area contributed by atoms with Crippen LogP contribution in [0.15, 0.2) is 42.5 Å².